The van der Waals surface area contributed by atoms with Crippen molar-refractivity contribution >= 4 is 50.3 Å². The van der Waals surface area contributed by atoms with Gasteiger partial charge in [0.05, 0.1) is 33.1 Å². The zero-order chi connectivity index (χ0) is 28.7. The molecule has 1 aromatic carbocycles. The van der Waals surface area contributed by atoms with Crippen molar-refractivity contribution in [2.24, 2.45) is 13.0 Å². The Morgan fingerprint density at radius 1 is 1.15 bits per heavy atom. The monoisotopic (exact) mass is 559 g/mol. The number of H-pyrrole nitrogens is 1. The molecule has 2 atom stereocenters. The smallest absolute Gasteiger partial charge is 0.341 e. The molecule has 0 saturated carbocycles. The number of aryl methyl sites for hydroxylation is 1. The summed E-state index contributed by atoms with van der Waals surface area (Å²) in [5.41, 5.74) is 2.31. The molecule has 0 unspecified atom stereocenters. The number of halogens is 2. The summed E-state index contributed by atoms with van der Waals surface area (Å²) >= 11 is 0. The second-order valence-electron chi connectivity index (χ2n) is 11.0. The minimum absolute atomic E-state index is 0.0944. The van der Waals surface area contributed by atoms with Gasteiger partial charge in [-0.25, -0.2) is 23.5 Å². The van der Waals surface area contributed by atoms with Crippen LogP contribution in [0.3, 0.4) is 0 Å². The first-order valence-corrected chi connectivity index (χ1v) is 13.4. The molecule has 0 radical (unpaired) electrons. The summed E-state index contributed by atoms with van der Waals surface area (Å²) < 4.78 is 32.0. The number of hydrogen-bond donors (Lipinski definition) is 3. The molecule has 4 aromatic heterocycles. The van der Waals surface area contributed by atoms with E-state index in [4.69, 9.17) is 0 Å². The van der Waals surface area contributed by atoms with E-state index >= 15 is 4.39 Å². The van der Waals surface area contributed by atoms with Crippen LogP contribution in [0, 0.1) is 17.6 Å². The van der Waals surface area contributed by atoms with E-state index in [0.717, 1.165) is 25.6 Å². The molecule has 12 heteroatoms. The maximum Gasteiger partial charge on any atom is 0.341 e. The van der Waals surface area contributed by atoms with Gasteiger partial charge in [0.1, 0.15) is 16.9 Å². The number of anilines is 2. The van der Waals surface area contributed by atoms with Crippen molar-refractivity contribution in [2.45, 2.75) is 12.5 Å². The van der Waals surface area contributed by atoms with Gasteiger partial charge in [-0.05, 0) is 32.0 Å². The number of rotatable bonds is 4. The Labute approximate surface area is 232 Å². The maximum atomic E-state index is 15.6. The van der Waals surface area contributed by atoms with Crippen LogP contribution >= 0.6 is 0 Å². The zero-order valence-electron chi connectivity index (χ0n) is 22.6. The Morgan fingerprint density at radius 3 is 2.68 bits per heavy atom. The standard InChI is InChI=1S/C29H27F2N7O3/c1-32-19-7-18(30)23(31)21-22-25(38-10-13-4-5-36(2)20(13)12-38)16(9-33-27(22)35-24(19)21)14-6-15-26(39)17(29(40)41)11-37(3)28(15)34-8-14/h6-9,11,13,20,32H,4-5,10,12H2,1-3H3,(H,33,35)(H,40,41)/t13-,20+/m0/s1. The van der Waals surface area contributed by atoms with E-state index < -0.39 is 23.0 Å². The molecule has 2 aliphatic rings. The molecule has 0 amide bonds. The number of carboxylic acid groups (broad SMARTS) is 1. The van der Waals surface area contributed by atoms with Crippen molar-refractivity contribution in [3.63, 3.8) is 0 Å². The molecule has 5 aromatic rings. The molecule has 0 bridgehead atoms. The zero-order valence-corrected chi connectivity index (χ0v) is 22.6. The molecule has 3 N–H and O–H groups in total. The fraction of sp³-hybridized carbons (Fsp3) is 0.310. The quantitative estimate of drug-likeness (QED) is 0.304. The van der Waals surface area contributed by atoms with Gasteiger partial charge in [-0.3, -0.25) is 4.79 Å². The Kier molecular flexibility index (Phi) is 5.55. The molecular formula is C29H27F2N7O3. The highest BCUT2D eigenvalue weighted by atomic mass is 19.2. The predicted octanol–water partition coefficient (Wildman–Crippen LogP) is 3.79. The lowest BCUT2D eigenvalue weighted by Crippen LogP contribution is -2.32. The largest absolute Gasteiger partial charge is 0.477 e. The third-order valence-corrected chi connectivity index (χ3v) is 8.73. The van der Waals surface area contributed by atoms with Crippen molar-refractivity contribution in [2.75, 3.05) is 43.9 Å². The van der Waals surface area contributed by atoms with Crippen LogP contribution in [0.1, 0.15) is 16.8 Å². The first-order valence-electron chi connectivity index (χ1n) is 13.4. The number of pyridine rings is 3. The normalized spacial score (nSPS) is 19.1. The Morgan fingerprint density at radius 2 is 1.95 bits per heavy atom. The number of aromatic carboxylic acids is 1. The summed E-state index contributed by atoms with van der Waals surface area (Å²) in [4.78, 5) is 41.7. The fourth-order valence-corrected chi connectivity index (χ4v) is 6.70. The van der Waals surface area contributed by atoms with Crippen LogP contribution in [0.25, 0.3) is 44.1 Å². The number of aromatic nitrogens is 4. The summed E-state index contributed by atoms with van der Waals surface area (Å²) in [6.07, 6.45) is 5.53. The van der Waals surface area contributed by atoms with Crippen molar-refractivity contribution in [1.82, 2.24) is 24.4 Å². The van der Waals surface area contributed by atoms with Crippen molar-refractivity contribution in [3.05, 3.63) is 58.1 Å². The molecule has 2 saturated heterocycles. The first-order chi connectivity index (χ1) is 19.7. The summed E-state index contributed by atoms with van der Waals surface area (Å²) in [5.74, 6) is -2.87. The molecule has 6 heterocycles. The van der Waals surface area contributed by atoms with Gasteiger partial charge < -0.3 is 29.8 Å². The van der Waals surface area contributed by atoms with Crippen molar-refractivity contribution in [1.29, 1.82) is 0 Å². The van der Waals surface area contributed by atoms with Crippen molar-refractivity contribution in [3.8, 4) is 11.1 Å². The lowest BCUT2D eigenvalue weighted by molar-refractivity contribution is 0.0695. The maximum absolute atomic E-state index is 15.6. The SMILES string of the molecule is CNc1cc(F)c(F)c2c1[nH]c1ncc(-c3cnc4c(c3)c(=O)c(C(=O)O)cn4C)c(N3C[C@@H]4CCN(C)[C@@H]4C3)c12. The van der Waals surface area contributed by atoms with Gasteiger partial charge in [0.25, 0.3) is 0 Å². The number of carbonyl (C=O) groups is 1. The summed E-state index contributed by atoms with van der Waals surface area (Å²) in [7, 11) is 5.36. The topological polar surface area (TPSA) is 119 Å². The Bertz CT molecular complexity index is 1990. The summed E-state index contributed by atoms with van der Waals surface area (Å²) in [6.45, 7) is 2.40. The van der Waals surface area contributed by atoms with Gasteiger partial charge in [-0.15, -0.1) is 0 Å². The average molecular weight is 560 g/mol. The number of fused-ring (bicyclic) bond motifs is 5. The number of carboxylic acids is 1. The number of likely N-dealkylation sites (tertiary alicyclic amines) is 1. The van der Waals surface area contributed by atoms with Crippen LogP contribution in [0.15, 0.2) is 35.5 Å². The Hall–Kier alpha value is -4.58. The Balaban J connectivity index is 1.55. The second kappa shape index (κ2) is 8.96. The molecule has 7 rings (SSSR count). The van der Waals surface area contributed by atoms with E-state index in [1.54, 1.807) is 32.6 Å². The third-order valence-electron chi connectivity index (χ3n) is 8.73. The molecular weight excluding hydrogens is 532 g/mol. The fourth-order valence-electron chi connectivity index (χ4n) is 6.70. The lowest BCUT2D eigenvalue weighted by Gasteiger charge is -2.26. The minimum atomic E-state index is -1.33. The third kappa shape index (κ3) is 3.63. The molecule has 10 nitrogen and oxygen atoms in total. The number of hydrogen-bond acceptors (Lipinski definition) is 7. The first kappa shape index (κ1) is 25.4. The number of nitrogens with zero attached hydrogens (tertiary/aromatic N) is 5. The highest BCUT2D eigenvalue weighted by molar-refractivity contribution is 6.18. The van der Waals surface area contributed by atoms with Crippen LogP contribution in [-0.2, 0) is 7.05 Å². The van der Waals surface area contributed by atoms with Gasteiger partial charge in [0.2, 0.25) is 5.43 Å². The van der Waals surface area contributed by atoms with Crippen LogP contribution in [0.2, 0.25) is 0 Å². The van der Waals surface area contributed by atoms with E-state index in [1.807, 2.05) is 0 Å². The van der Waals surface area contributed by atoms with Gasteiger partial charge in [-0.2, -0.15) is 0 Å². The molecule has 0 aliphatic carbocycles. The van der Waals surface area contributed by atoms with Gasteiger partial charge in [0.15, 0.2) is 11.6 Å². The number of benzene rings is 1. The van der Waals surface area contributed by atoms with Gasteiger partial charge in [-0.1, -0.05) is 0 Å². The van der Waals surface area contributed by atoms with Crippen LogP contribution in [0.5, 0.6) is 0 Å². The van der Waals surface area contributed by atoms with Crippen LogP contribution in [-0.4, -0.2) is 75.3 Å². The lowest BCUT2D eigenvalue weighted by atomic mass is 10.0. The molecule has 41 heavy (non-hydrogen) atoms. The predicted molar refractivity (Wildman–Crippen MR) is 153 cm³/mol. The van der Waals surface area contributed by atoms with E-state index in [0.29, 0.717) is 63.2 Å². The number of likely N-dealkylation sites (N-methyl/N-ethyl adjacent to an activating group) is 1. The highest BCUT2D eigenvalue weighted by Gasteiger charge is 2.41. The molecule has 0 spiro atoms. The van der Waals surface area contributed by atoms with E-state index in [1.165, 1.54) is 10.8 Å². The van der Waals surface area contributed by atoms with Gasteiger partial charge >= 0.3 is 5.97 Å². The molecule has 210 valence electrons. The van der Waals surface area contributed by atoms with E-state index in [2.05, 4.69) is 37.1 Å². The van der Waals surface area contributed by atoms with E-state index in [-0.39, 0.29) is 16.3 Å². The highest BCUT2D eigenvalue weighted by Crippen LogP contribution is 2.45. The number of nitrogens with one attached hydrogen (secondary N) is 2. The second-order valence-corrected chi connectivity index (χ2v) is 11.0. The van der Waals surface area contributed by atoms with Gasteiger partial charge in [0, 0.05) is 69.0 Å². The van der Waals surface area contributed by atoms with E-state index in [9.17, 15) is 19.1 Å². The number of aromatic amines is 1. The van der Waals surface area contributed by atoms with Crippen LogP contribution < -0.4 is 15.6 Å². The average Bonchev–Trinajstić information content (AvgIpc) is 3.65. The summed E-state index contributed by atoms with van der Waals surface area (Å²) in [6, 6.07) is 3.04. The minimum Gasteiger partial charge on any atom is -0.477 e. The summed E-state index contributed by atoms with van der Waals surface area (Å²) in [5, 5.41) is 13.2. The molecule has 2 fully saturated rings. The van der Waals surface area contributed by atoms with Crippen LogP contribution in [0.4, 0.5) is 20.2 Å². The van der Waals surface area contributed by atoms with Crippen molar-refractivity contribution < 1.29 is 18.7 Å². The molecule has 2 aliphatic heterocycles.